The molecule has 1 saturated carbocycles. The van der Waals surface area contributed by atoms with Crippen molar-refractivity contribution in [1.29, 1.82) is 0 Å². The minimum absolute atomic E-state index is 0.250. The molecule has 1 atom stereocenters. The number of nitrogens with zero attached hydrogens (tertiary/aromatic N) is 6. The van der Waals surface area contributed by atoms with Crippen LogP contribution in [0.25, 0.3) is 5.69 Å². The summed E-state index contributed by atoms with van der Waals surface area (Å²) in [5.41, 5.74) is 2.40. The highest BCUT2D eigenvalue weighted by Gasteiger charge is 2.49. The Morgan fingerprint density at radius 1 is 1.22 bits per heavy atom. The second kappa shape index (κ2) is 7.11. The van der Waals surface area contributed by atoms with Crippen molar-refractivity contribution in [3.63, 3.8) is 0 Å². The number of tetrazole rings is 1. The Kier molecular flexibility index (Phi) is 4.47. The van der Waals surface area contributed by atoms with Gasteiger partial charge in [-0.15, -0.1) is 5.10 Å². The third kappa shape index (κ3) is 3.10. The standard InChI is InChI=1S/C22H23N7O3/c1-13-9-18(14(2)29(13)16-7-8-16)19(30)11-27-20(31)22(3,24-21(27)32)15-5-4-6-17(10-15)28-12-23-25-26-28/h4-6,9-10,12,16H,7-8,11H2,1-3H3,(H,24,32)/t22-/m0/s1. The second-order valence-electron chi connectivity index (χ2n) is 8.56. The maximum atomic E-state index is 13.3. The number of benzene rings is 1. The van der Waals surface area contributed by atoms with Crippen LogP contribution < -0.4 is 5.32 Å². The van der Waals surface area contributed by atoms with E-state index < -0.39 is 17.5 Å². The van der Waals surface area contributed by atoms with Gasteiger partial charge in [-0.05, 0) is 67.8 Å². The van der Waals surface area contributed by atoms with E-state index in [-0.39, 0.29) is 12.3 Å². The third-order valence-corrected chi connectivity index (χ3v) is 6.31. The summed E-state index contributed by atoms with van der Waals surface area (Å²) in [7, 11) is 0. The fraction of sp³-hybridized carbons (Fsp3) is 0.364. The summed E-state index contributed by atoms with van der Waals surface area (Å²) in [5.74, 6) is -0.721. The number of urea groups is 1. The van der Waals surface area contributed by atoms with Crippen LogP contribution in [0.2, 0.25) is 0 Å². The van der Waals surface area contributed by atoms with Crippen LogP contribution in [0, 0.1) is 13.8 Å². The fourth-order valence-electron chi connectivity index (χ4n) is 4.46. The van der Waals surface area contributed by atoms with Gasteiger partial charge in [-0.25, -0.2) is 9.48 Å². The van der Waals surface area contributed by atoms with Crippen LogP contribution in [0.3, 0.4) is 0 Å². The predicted molar refractivity (Wildman–Crippen MR) is 113 cm³/mol. The molecule has 32 heavy (non-hydrogen) atoms. The molecule has 1 aromatic carbocycles. The molecule has 0 bridgehead atoms. The SMILES string of the molecule is Cc1cc(C(=O)CN2C(=O)N[C@@](C)(c3cccc(-n4cnnn4)c3)C2=O)c(C)n1C1CC1. The number of hydrogen-bond donors (Lipinski definition) is 1. The van der Waals surface area contributed by atoms with E-state index in [1.165, 1.54) is 11.0 Å². The molecule has 0 spiro atoms. The van der Waals surface area contributed by atoms with Crippen molar-refractivity contribution in [3.8, 4) is 5.69 Å². The Labute approximate surface area is 184 Å². The number of carbonyl (C=O) groups excluding carboxylic acids is 3. The van der Waals surface area contributed by atoms with E-state index in [1.54, 1.807) is 31.2 Å². The largest absolute Gasteiger partial charge is 0.345 e. The molecule has 5 rings (SSSR count). The van der Waals surface area contributed by atoms with Crippen LogP contribution in [-0.4, -0.2) is 53.9 Å². The first-order valence-electron chi connectivity index (χ1n) is 10.5. The van der Waals surface area contributed by atoms with E-state index >= 15 is 0 Å². The van der Waals surface area contributed by atoms with Crippen molar-refractivity contribution < 1.29 is 14.4 Å². The molecule has 10 heteroatoms. The molecule has 1 saturated heterocycles. The first-order valence-corrected chi connectivity index (χ1v) is 10.5. The summed E-state index contributed by atoms with van der Waals surface area (Å²) < 4.78 is 3.64. The molecule has 3 aromatic rings. The maximum absolute atomic E-state index is 13.3. The lowest BCUT2D eigenvalue weighted by molar-refractivity contribution is -0.130. The van der Waals surface area contributed by atoms with Crippen molar-refractivity contribution >= 4 is 17.7 Å². The summed E-state index contributed by atoms with van der Waals surface area (Å²) in [5, 5.41) is 13.9. The Morgan fingerprint density at radius 2 is 2.00 bits per heavy atom. The van der Waals surface area contributed by atoms with E-state index in [4.69, 9.17) is 0 Å². The predicted octanol–water partition coefficient (Wildman–Crippen LogP) is 2.07. The topological polar surface area (TPSA) is 115 Å². The minimum atomic E-state index is -1.30. The summed E-state index contributed by atoms with van der Waals surface area (Å²) in [4.78, 5) is 40.1. The number of nitrogens with one attached hydrogen (secondary N) is 1. The summed E-state index contributed by atoms with van der Waals surface area (Å²) in [6.45, 7) is 5.22. The lowest BCUT2D eigenvalue weighted by Gasteiger charge is -2.22. The quantitative estimate of drug-likeness (QED) is 0.470. The van der Waals surface area contributed by atoms with Crippen LogP contribution in [0.5, 0.6) is 0 Å². The smallest absolute Gasteiger partial charge is 0.325 e. The zero-order chi connectivity index (χ0) is 22.6. The molecule has 164 valence electrons. The third-order valence-electron chi connectivity index (χ3n) is 6.31. The van der Waals surface area contributed by atoms with E-state index in [2.05, 4.69) is 25.4 Å². The molecule has 1 aliphatic carbocycles. The molecule has 1 aliphatic heterocycles. The second-order valence-corrected chi connectivity index (χ2v) is 8.56. The average molecular weight is 433 g/mol. The number of rotatable bonds is 6. The van der Waals surface area contributed by atoms with Gasteiger partial charge < -0.3 is 9.88 Å². The summed E-state index contributed by atoms with van der Waals surface area (Å²) in [6, 6.07) is 8.75. The van der Waals surface area contributed by atoms with Gasteiger partial charge in [-0.2, -0.15) is 0 Å². The van der Waals surface area contributed by atoms with E-state index in [9.17, 15) is 14.4 Å². The number of ketones is 1. The number of carbonyl (C=O) groups is 3. The van der Waals surface area contributed by atoms with Crippen molar-refractivity contribution in [2.24, 2.45) is 0 Å². The number of hydrogen-bond acceptors (Lipinski definition) is 6. The first-order chi connectivity index (χ1) is 15.3. The van der Waals surface area contributed by atoms with Gasteiger partial charge in [0, 0.05) is 23.0 Å². The summed E-state index contributed by atoms with van der Waals surface area (Å²) in [6.07, 6.45) is 3.66. The van der Waals surface area contributed by atoms with Crippen LogP contribution in [-0.2, 0) is 10.3 Å². The molecule has 3 amide bonds. The van der Waals surface area contributed by atoms with Crippen LogP contribution >= 0.6 is 0 Å². The van der Waals surface area contributed by atoms with Crippen LogP contribution in [0.4, 0.5) is 4.79 Å². The Morgan fingerprint density at radius 3 is 2.69 bits per heavy atom. The number of imide groups is 1. The Hall–Kier alpha value is -3.82. The van der Waals surface area contributed by atoms with Gasteiger partial charge in [0.2, 0.25) is 0 Å². The lowest BCUT2D eigenvalue weighted by atomic mass is 9.91. The van der Waals surface area contributed by atoms with Crippen LogP contribution in [0.15, 0.2) is 36.7 Å². The number of aryl methyl sites for hydroxylation is 1. The highest BCUT2D eigenvalue weighted by atomic mass is 16.2. The molecule has 0 unspecified atom stereocenters. The van der Waals surface area contributed by atoms with Crippen molar-refractivity contribution in [2.75, 3.05) is 6.54 Å². The van der Waals surface area contributed by atoms with Crippen LogP contribution in [0.1, 0.15) is 53.1 Å². The molecular weight excluding hydrogens is 410 g/mol. The molecule has 1 N–H and O–H groups in total. The van der Waals surface area contributed by atoms with Gasteiger partial charge in [0.1, 0.15) is 11.9 Å². The minimum Gasteiger partial charge on any atom is -0.345 e. The molecule has 10 nitrogen and oxygen atoms in total. The average Bonchev–Trinajstić information content (AvgIpc) is 3.26. The normalized spacial score (nSPS) is 20.7. The highest BCUT2D eigenvalue weighted by Crippen LogP contribution is 2.38. The zero-order valence-corrected chi connectivity index (χ0v) is 18.1. The van der Waals surface area contributed by atoms with Gasteiger partial charge in [0.25, 0.3) is 5.91 Å². The molecule has 2 aliphatic rings. The van der Waals surface area contributed by atoms with Crippen molar-refractivity contribution in [3.05, 3.63) is 59.2 Å². The lowest BCUT2D eigenvalue weighted by Crippen LogP contribution is -2.41. The maximum Gasteiger partial charge on any atom is 0.325 e. The van der Waals surface area contributed by atoms with Gasteiger partial charge in [-0.1, -0.05) is 12.1 Å². The monoisotopic (exact) mass is 433 g/mol. The highest BCUT2D eigenvalue weighted by molar-refractivity contribution is 6.11. The molecule has 2 aromatic heterocycles. The molecular formula is C22H23N7O3. The Bertz CT molecular complexity index is 1240. The first kappa shape index (κ1) is 20.1. The van der Waals surface area contributed by atoms with Gasteiger partial charge in [0.15, 0.2) is 5.78 Å². The number of amides is 3. The number of aromatic nitrogens is 5. The Balaban J connectivity index is 1.40. The fourth-order valence-corrected chi connectivity index (χ4v) is 4.46. The van der Waals surface area contributed by atoms with E-state index in [0.29, 0.717) is 22.9 Å². The van der Waals surface area contributed by atoms with Crippen molar-refractivity contribution in [2.45, 2.75) is 45.2 Å². The van der Waals surface area contributed by atoms with E-state index in [0.717, 1.165) is 29.1 Å². The van der Waals surface area contributed by atoms with Crippen molar-refractivity contribution in [1.82, 2.24) is 35.0 Å². The van der Waals surface area contributed by atoms with E-state index in [1.807, 2.05) is 19.9 Å². The molecule has 3 heterocycles. The van der Waals surface area contributed by atoms with Gasteiger partial charge >= 0.3 is 6.03 Å². The van der Waals surface area contributed by atoms with Gasteiger partial charge in [0.05, 0.1) is 12.2 Å². The number of Topliss-reactive ketones (excluding diaryl/α,β-unsaturated/α-hetero) is 1. The molecule has 2 fully saturated rings. The van der Waals surface area contributed by atoms with Gasteiger partial charge in [-0.3, -0.25) is 14.5 Å². The zero-order valence-electron chi connectivity index (χ0n) is 18.1. The molecule has 0 radical (unpaired) electrons. The summed E-state index contributed by atoms with van der Waals surface area (Å²) >= 11 is 0.